The third kappa shape index (κ3) is 1.53. The van der Waals surface area contributed by atoms with Crippen LogP contribution in [0, 0.1) is 0 Å². The molecule has 74 valence electrons. The van der Waals surface area contributed by atoms with E-state index in [1.165, 1.54) is 24.6 Å². The molecule has 0 amide bonds. The topological polar surface area (TPSA) is 0 Å². The monoisotopic (exact) mass is 340 g/mol. The van der Waals surface area contributed by atoms with E-state index < -0.39 is 0 Å². The van der Waals surface area contributed by atoms with Crippen molar-refractivity contribution in [1.29, 1.82) is 0 Å². The smallest absolute Gasteiger partial charge is 0.0497 e. The summed E-state index contributed by atoms with van der Waals surface area (Å²) in [6, 6.07) is 12.8. The molecule has 3 rings (SSSR count). The Morgan fingerprint density at radius 1 is 0.933 bits per heavy atom. The van der Waals surface area contributed by atoms with E-state index in [1.54, 1.807) is 0 Å². The summed E-state index contributed by atoms with van der Waals surface area (Å²) >= 11 is 8.94. The second kappa shape index (κ2) is 3.58. The van der Waals surface area contributed by atoms with Crippen LogP contribution in [-0.4, -0.2) is 0 Å². The Hall–Kier alpha value is -0.380. The Labute approximate surface area is 108 Å². The predicted octanol–water partition coefficient (Wildman–Crippen LogP) is 5.58. The maximum Gasteiger partial charge on any atom is 0.0497 e. The molecule has 0 saturated heterocycles. The van der Waals surface area contributed by atoms with Crippen molar-refractivity contribution in [3.8, 4) is 0 Å². The number of thiophene rings is 1. The van der Waals surface area contributed by atoms with Crippen LogP contribution in [-0.2, 0) is 0 Å². The fourth-order valence-corrected chi connectivity index (χ4v) is 3.79. The summed E-state index contributed by atoms with van der Waals surface area (Å²) in [6.45, 7) is 0. The highest BCUT2D eigenvalue weighted by Crippen LogP contribution is 2.38. The quantitative estimate of drug-likeness (QED) is 0.500. The van der Waals surface area contributed by atoms with Crippen molar-refractivity contribution in [2.75, 3.05) is 0 Å². The highest BCUT2D eigenvalue weighted by Gasteiger charge is 2.06. The molecule has 0 bridgehead atoms. The van der Waals surface area contributed by atoms with Crippen molar-refractivity contribution < 1.29 is 0 Å². The van der Waals surface area contributed by atoms with E-state index >= 15 is 0 Å². The highest BCUT2D eigenvalue weighted by atomic mass is 79.9. The largest absolute Gasteiger partial charge is 0.134 e. The molecule has 0 aliphatic carbocycles. The van der Waals surface area contributed by atoms with Gasteiger partial charge < -0.3 is 0 Å². The van der Waals surface area contributed by atoms with Crippen LogP contribution in [0.25, 0.3) is 20.2 Å². The zero-order chi connectivity index (χ0) is 10.4. The lowest BCUT2D eigenvalue weighted by molar-refractivity contribution is 1.76. The lowest BCUT2D eigenvalue weighted by atomic mass is 10.2. The van der Waals surface area contributed by atoms with Crippen LogP contribution in [0.15, 0.2) is 45.3 Å². The normalized spacial score (nSPS) is 11.3. The predicted molar refractivity (Wildman–Crippen MR) is 74.7 cm³/mol. The number of hydrogen-bond acceptors (Lipinski definition) is 1. The summed E-state index contributed by atoms with van der Waals surface area (Å²) in [6.07, 6.45) is 0. The third-order valence-electron chi connectivity index (χ3n) is 2.41. The molecule has 0 N–H and O–H groups in total. The first-order valence-electron chi connectivity index (χ1n) is 4.52. The molecule has 1 heterocycles. The van der Waals surface area contributed by atoms with E-state index in [9.17, 15) is 0 Å². The standard InChI is InChI=1S/C12H6Br2S/c13-7-4-5-11-9(6-7)8-2-1-3-10(14)12(8)15-11/h1-6H. The molecule has 0 aliphatic rings. The molecular formula is C12H6Br2S. The third-order valence-corrected chi connectivity index (χ3v) is 5.05. The maximum atomic E-state index is 3.59. The zero-order valence-corrected chi connectivity index (χ0v) is 11.6. The van der Waals surface area contributed by atoms with Crippen LogP contribution in [0.3, 0.4) is 0 Å². The van der Waals surface area contributed by atoms with Gasteiger partial charge in [0.1, 0.15) is 0 Å². The summed E-state index contributed by atoms with van der Waals surface area (Å²) in [5, 5.41) is 2.65. The average molecular weight is 342 g/mol. The van der Waals surface area contributed by atoms with E-state index in [0.717, 1.165) is 4.47 Å². The Morgan fingerprint density at radius 2 is 1.80 bits per heavy atom. The van der Waals surface area contributed by atoms with Gasteiger partial charge in [0.05, 0.1) is 0 Å². The molecule has 1 aromatic heterocycles. The molecule has 0 aliphatic heterocycles. The molecule has 0 nitrogen and oxygen atoms in total. The van der Waals surface area contributed by atoms with Crippen molar-refractivity contribution >= 4 is 63.4 Å². The average Bonchev–Trinajstić information content (AvgIpc) is 2.58. The first-order valence-corrected chi connectivity index (χ1v) is 6.92. The minimum absolute atomic E-state index is 1.13. The summed E-state index contributed by atoms with van der Waals surface area (Å²) in [5.74, 6) is 0. The summed E-state index contributed by atoms with van der Waals surface area (Å²) in [4.78, 5) is 0. The highest BCUT2D eigenvalue weighted by molar-refractivity contribution is 9.11. The summed E-state index contributed by atoms with van der Waals surface area (Å²) in [7, 11) is 0. The molecule has 3 heteroatoms. The molecule has 0 radical (unpaired) electrons. The Bertz CT molecular complexity index is 655. The molecule has 2 aromatic carbocycles. The van der Waals surface area contributed by atoms with Crippen molar-refractivity contribution in [3.05, 3.63) is 45.3 Å². The van der Waals surface area contributed by atoms with Gasteiger partial charge in [-0.05, 0) is 40.2 Å². The van der Waals surface area contributed by atoms with E-state index in [4.69, 9.17) is 0 Å². The van der Waals surface area contributed by atoms with Gasteiger partial charge in [-0.1, -0.05) is 28.1 Å². The van der Waals surface area contributed by atoms with Gasteiger partial charge in [-0.2, -0.15) is 0 Å². The Kier molecular flexibility index (Phi) is 2.34. The van der Waals surface area contributed by atoms with Gasteiger partial charge >= 0.3 is 0 Å². The van der Waals surface area contributed by atoms with Crippen molar-refractivity contribution in [2.24, 2.45) is 0 Å². The van der Waals surface area contributed by atoms with Crippen LogP contribution >= 0.6 is 43.2 Å². The van der Waals surface area contributed by atoms with E-state index in [-0.39, 0.29) is 0 Å². The number of fused-ring (bicyclic) bond motifs is 3. The first kappa shape index (κ1) is 9.82. The lowest BCUT2D eigenvalue weighted by Crippen LogP contribution is -1.67. The van der Waals surface area contributed by atoms with Gasteiger partial charge in [-0.3, -0.25) is 0 Å². The van der Waals surface area contributed by atoms with Gasteiger partial charge in [-0.25, -0.2) is 0 Å². The van der Waals surface area contributed by atoms with E-state index in [1.807, 2.05) is 11.3 Å². The molecule has 0 spiro atoms. The van der Waals surface area contributed by atoms with E-state index in [0.29, 0.717) is 0 Å². The van der Waals surface area contributed by atoms with Crippen LogP contribution < -0.4 is 0 Å². The van der Waals surface area contributed by atoms with Crippen LogP contribution in [0.4, 0.5) is 0 Å². The van der Waals surface area contributed by atoms with Gasteiger partial charge in [0.2, 0.25) is 0 Å². The molecular weight excluding hydrogens is 336 g/mol. The molecule has 15 heavy (non-hydrogen) atoms. The molecule has 0 atom stereocenters. The number of rotatable bonds is 0. The fraction of sp³-hybridized carbons (Fsp3) is 0. The minimum Gasteiger partial charge on any atom is -0.134 e. The second-order valence-corrected chi connectivity index (χ2v) is 6.18. The summed E-state index contributed by atoms with van der Waals surface area (Å²) < 4.78 is 4.97. The number of hydrogen-bond donors (Lipinski definition) is 0. The SMILES string of the molecule is Brc1ccc2sc3c(Br)cccc3c2c1. The molecule has 0 unspecified atom stereocenters. The zero-order valence-electron chi connectivity index (χ0n) is 7.63. The van der Waals surface area contributed by atoms with Crippen LogP contribution in [0.5, 0.6) is 0 Å². The van der Waals surface area contributed by atoms with Crippen molar-refractivity contribution in [2.45, 2.75) is 0 Å². The minimum atomic E-state index is 1.13. The molecule has 0 fully saturated rings. The van der Waals surface area contributed by atoms with Gasteiger partial charge in [0.15, 0.2) is 0 Å². The second-order valence-electron chi connectivity index (χ2n) is 3.36. The maximum absolute atomic E-state index is 3.59. The first-order chi connectivity index (χ1) is 7.25. The Morgan fingerprint density at radius 3 is 2.67 bits per heavy atom. The van der Waals surface area contributed by atoms with Crippen molar-refractivity contribution in [3.63, 3.8) is 0 Å². The van der Waals surface area contributed by atoms with Crippen LogP contribution in [0.1, 0.15) is 0 Å². The van der Waals surface area contributed by atoms with E-state index in [2.05, 4.69) is 68.3 Å². The summed E-state index contributed by atoms with van der Waals surface area (Å²) in [5.41, 5.74) is 0. The Balaban J connectivity index is 2.58. The van der Waals surface area contributed by atoms with Gasteiger partial charge in [0.25, 0.3) is 0 Å². The fourth-order valence-electron chi connectivity index (χ4n) is 1.74. The number of halogens is 2. The molecule has 3 aromatic rings. The van der Waals surface area contributed by atoms with Crippen molar-refractivity contribution in [1.82, 2.24) is 0 Å². The lowest BCUT2D eigenvalue weighted by Gasteiger charge is -1.93. The number of benzene rings is 2. The van der Waals surface area contributed by atoms with Crippen LogP contribution in [0.2, 0.25) is 0 Å². The van der Waals surface area contributed by atoms with Gasteiger partial charge in [0, 0.05) is 29.1 Å². The molecule has 0 saturated carbocycles. The van der Waals surface area contributed by atoms with Gasteiger partial charge in [-0.15, -0.1) is 11.3 Å².